The van der Waals surface area contributed by atoms with Gasteiger partial charge in [0.15, 0.2) is 0 Å². The molecule has 0 aliphatic carbocycles. The van der Waals surface area contributed by atoms with Gasteiger partial charge in [-0.1, -0.05) is 54.4 Å². The number of hydrogen-bond acceptors (Lipinski definition) is 5. The van der Waals surface area contributed by atoms with Crippen LogP contribution in [0.1, 0.15) is 37.8 Å². The number of carboxylic acid groups (broad SMARTS) is 1. The minimum atomic E-state index is -1.30. The number of aliphatic hydroxyl groups is 1. The highest BCUT2D eigenvalue weighted by molar-refractivity contribution is 9.09. The van der Waals surface area contributed by atoms with Crippen LogP contribution >= 0.6 is 15.9 Å². The minimum Gasteiger partial charge on any atom is -0.481 e. The second kappa shape index (κ2) is 9.91. The van der Waals surface area contributed by atoms with E-state index in [1.807, 2.05) is 45.9 Å². The van der Waals surface area contributed by atoms with Crippen molar-refractivity contribution in [1.29, 1.82) is 0 Å². The van der Waals surface area contributed by atoms with Gasteiger partial charge in [-0.05, 0) is 43.4 Å². The number of rotatable bonds is 9. The van der Waals surface area contributed by atoms with Crippen LogP contribution in [0.15, 0.2) is 30.9 Å². The van der Waals surface area contributed by atoms with Crippen molar-refractivity contribution in [1.82, 2.24) is 4.90 Å². The number of anilines is 1. The Balaban J connectivity index is 1.90. The average molecular weight is 563 g/mol. The summed E-state index contributed by atoms with van der Waals surface area (Å²) in [6.07, 6.45) is 1.93. The predicted octanol–water partition coefficient (Wildman–Crippen LogP) is 3.06. The lowest BCUT2D eigenvalue weighted by Gasteiger charge is -2.41. The number of nitrogens with zero attached hydrogens (tertiary/aromatic N) is 2. The minimum absolute atomic E-state index is 0.113. The van der Waals surface area contributed by atoms with Gasteiger partial charge in [-0.3, -0.25) is 14.4 Å². The lowest BCUT2D eigenvalue weighted by atomic mass is 9.70. The standard InChI is InChI=1S/C27H35BrN2O6/c1-6-10-29(18-11-14(3)8-9-16(18)5)25(33)23-27-12-17(28)22(36-27)20(26(34)35)21(27)24(32)30(23)19(13-31)15(4)7-2/h6,8-9,11,15,17,19-23,31H,1,7,10,12-13H2,2-5H3,(H,34,35)/t15-,17?,19-,20-,21+,22-,23-,27+/m0/s1. The number of alkyl halides is 1. The molecule has 2 bridgehead atoms. The van der Waals surface area contributed by atoms with Gasteiger partial charge in [-0.25, -0.2) is 0 Å². The molecule has 1 aromatic carbocycles. The van der Waals surface area contributed by atoms with Crippen molar-refractivity contribution >= 4 is 39.4 Å². The second-order valence-electron chi connectivity index (χ2n) is 10.4. The first-order valence-corrected chi connectivity index (χ1v) is 13.4. The Bertz CT molecular complexity index is 1080. The Hall–Kier alpha value is -2.23. The van der Waals surface area contributed by atoms with E-state index in [-0.39, 0.29) is 29.8 Å². The molecular weight excluding hydrogens is 528 g/mol. The molecule has 1 aromatic rings. The summed E-state index contributed by atoms with van der Waals surface area (Å²) in [5.74, 6) is -4.07. The van der Waals surface area contributed by atoms with E-state index < -0.39 is 47.5 Å². The van der Waals surface area contributed by atoms with Crippen LogP contribution in [-0.4, -0.2) is 74.7 Å². The highest BCUT2D eigenvalue weighted by Crippen LogP contribution is 2.60. The molecule has 1 spiro atoms. The maximum Gasteiger partial charge on any atom is 0.310 e. The van der Waals surface area contributed by atoms with Crippen LogP contribution in [0.3, 0.4) is 0 Å². The Kier molecular flexibility index (Phi) is 7.38. The van der Waals surface area contributed by atoms with Gasteiger partial charge in [0.1, 0.15) is 11.6 Å². The number of carbonyl (C=O) groups excluding carboxylic acids is 2. The fourth-order valence-corrected chi connectivity index (χ4v) is 7.34. The Morgan fingerprint density at radius 2 is 2.08 bits per heavy atom. The molecule has 4 rings (SSSR count). The fraction of sp³-hybridized carbons (Fsp3) is 0.593. The van der Waals surface area contributed by atoms with E-state index in [2.05, 4.69) is 22.5 Å². The number of ether oxygens (including phenoxy) is 1. The number of halogens is 1. The zero-order valence-electron chi connectivity index (χ0n) is 21.2. The molecule has 2 amide bonds. The average Bonchev–Trinajstić information content (AvgIpc) is 3.43. The predicted molar refractivity (Wildman–Crippen MR) is 139 cm³/mol. The highest BCUT2D eigenvalue weighted by Gasteiger charge is 2.77. The van der Waals surface area contributed by atoms with Gasteiger partial charge >= 0.3 is 5.97 Å². The van der Waals surface area contributed by atoms with E-state index in [1.54, 1.807) is 11.0 Å². The number of likely N-dealkylation sites (tertiary alicyclic amines) is 1. The summed E-state index contributed by atoms with van der Waals surface area (Å²) in [4.78, 5) is 43.7. The molecule has 8 nitrogen and oxygen atoms in total. The fourth-order valence-electron chi connectivity index (χ4n) is 6.39. The number of hydrogen-bond donors (Lipinski definition) is 2. The molecule has 36 heavy (non-hydrogen) atoms. The molecule has 1 unspecified atom stereocenters. The molecule has 196 valence electrons. The molecule has 3 saturated heterocycles. The molecule has 0 saturated carbocycles. The van der Waals surface area contributed by atoms with E-state index in [9.17, 15) is 24.6 Å². The first-order valence-electron chi connectivity index (χ1n) is 12.5. The SMILES string of the molecule is C=CCN(C(=O)[C@@H]1N([C@@H](CO)[C@@H](C)CC)C(=O)[C@H]2[C@H](C(=O)O)[C@H]3O[C@@]12CC3Br)c1cc(C)ccc1C. The van der Waals surface area contributed by atoms with Gasteiger partial charge in [-0.15, -0.1) is 6.58 Å². The topological polar surface area (TPSA) is 107 Å². The van der Waals surface area contributed by atoms with Gasteiger partial charge < -0.3 is 24.7 Å². The Labute approximate surface area is 220 Å². The van der Waals surface area contributed by atoms with Crippen molar-refractivity contribution in [3.63, 3.8) is 0 Å². The molecule has 3 aliphatic rings. The monoisotopic (exact) mass is 562 g/mol. The smallest absolute Gasteiger partial charge is 0.310 e. The molecule has 0 radical (unpaired) electrons. The summed E-state index contributed by atoms with van der Waals surface area (Å²) in [5, 5.41) is 20.5. The molecule has 0 aromatic heterocycles. The number of aliphatic carboxylic acids is 1. The van der Waals surface area contributed by atoms with Gasteiger partial charge in [-0.2, -0.15) is 0 Å². The van der Waals surface area contributed by atoms with E-state index >= 15 is 0 Å². The van der Waals surface area contributed by atoms with Crippen molar-refractivity contribution < 1.29 is 29.3 Å². The first-order chi connectivity index (χ1) is 17.0. The van der Waals surface area contributed by atoms with Crippen LogP contribution in [0.5, 0.6) is 0 Å². The van der Waals surface area contributed by atoms with Crippen molar-refractivity contribution in [3.05, 3.63) is 42.0 Å². The van der Waals surface area contributed by atoms with Crippen LogP contribution in [-0.2, 0) is 19.1 Å². The Morgan fingerprint density at radius 1 is 1.39 bits per heavy atom. The van der Waals surface area contributed by atoms with E-state index in [0.717, 1.165) is 11.1 Å². The zero-order valence-corrected chi connectivity index (χ0v) is 22.8. The summed E-state index contributed by atoms with van der Waals surface area (Å²) >= 11 is 3.57. The van der Waals surface area contributed by atoms with E-state index in [1.165, 1.54) is 4.90 Å². The van der Waals surface area contributed by atoms with Crippen LogP contribution in [0.4, 0.5) is 5.69 Å². The third-order valence-electron chi connectivity index (χ3n) is 8.32. The van der Waals surface area contributed by atoms with Crippen LogP contribution in [0, 0.1) is 31.6 Å². The number of carbonyl (C=O) groups is 3. The largest absolute Gasteiger partial charge is 0.481 e. The number of aliphatic hydroxyl groups excluding tert-OH is 1. The molecule has 8 atom stereocenters. The second-order valence-corrected chi connectivity index (χ2v) is 11.6. The normalized spacial score (nSPS) is 32.3. The first kappa shape index (κ1) is 26.8. The summed E-state index contributed by atoms with van der Waals surface area (Å²) in [6, 6.07) is 4.11. The van der Waals surface area contributed by atoms with Gasteiger partial charge in [0.25, 0.3) is 5.91 Å². The maximum absolute atomic E-state index is 14.6. The number of benzene rings is 1. The third-order valence-corrected chi connectivity index (χ3v) is 9.17. The van der Waals surface area contributed by atoms with Crippen LogP contribution < -0.4 is 4.90 Å². The number of carboxylic acids is 1. The van der Waals surface area contributed by atoms with Crippen LogP contribution in [0.25, 0.3) is 0 Å². The molecule has 2 N–H and O–H groups in total. The summed E-state index contributed by atoms with van der Waals surface area (Å²) in [6.45, 7) is 11.5. The van der Waals surface area contributed by atoms with E-state index in [0.29, 0.717) is 18.5 Å². The molecule has 9 heteroatoms. The molecule has 3 fully saturated rings. The third kappa shape index (κ3) is 3.90. The lowest BCUT2D eigenvalue weighted by Crippen LogP contribution is -2.60. The zero-order chi connectivity index (χ0) is 26.5. The highest BCUT2D eigenvalue weighted by atomic mass is 79.9. The van der Waals surface area contributed by atoms with Crippen molar-refractivity contribution in [2.45, 2.75) is 69.2 Å². The summed E-state index contributed by atoms with van der Waals surface area (Å²) in [7, 11) is 0. The molecular formula is C27H35BrN2O6. The van der Waals surface area contributed by atoms with Crippen LogP contribution in [0.2, 0.25) is 0 Å². The van der Waals surface area contributed by atoms with Gasteiger partial charge in [0, 0.05) is 17.1 Å². The van der Waals surface area contributed by atoms with E-state index in [4.69, 9.17) is 4.74 Å². The molecule has 3 aliphatic heterocycles. The molecule has 3 heterocycles. The summed E-state index contributed by atoms with van der Waals surface area (Å²) < 4.78 is 6.39. The maximum atomic E-state index is 14.6. The van der Waals surface area contributed by atoms with Crippen molar-refractivity contribution in [2.75, 3.05) is 18.1 Å². The van der Waals surface area contributed by atoms with Gasteiger partial charge in [0.05, 0.1) is 30.6 Å². The van der Waals surface area contributed by atoms with Crippen molar-refractivity contribution in [3.8, 4) is 0 Å². The number of aryl methyl sites for hydroxylation is 2. The quantitative estimate of drug-likeness (QED) is 0.354. The number of amides is 2. The number of fused-ring (bicyclic) bond motifs is 1. The van der Waals surface area contributed by atoms with Crippen molar-refractivity contribution in [2.24, 2.45) is 17.8 Å². The Morgan fingerprint density at radius 3 is 2.67 bits per heavy atom. The summed E-state index contributed by atoms with van der Waals surface area (Å²) in [5.41, 5.74) is 1.27. The lowest BCUT2D eigenvalue weighted by molar-refractivity contribution is -0.151. The van der Waals surface area contributed by atoms with Gasteiger partial charge in [0.2, 0.25) is 5.91 Å².